The summed E-state index contributed by atoms with van der Waals surface area (Å²) in [4.78, 5) is 39.2. The summed E-state index contributed by atoms with van der Waals surface area (Å²) >= 11 is 0. The Bertz CT molecular complexity index is 755. The molecule has 2 aliphatic rings. The first-order valence-corrected chi connectivity index (χ1v) is 10.2. The van der Waals surface area contributed by atoms with E-state index in [0.29, 0.717) is 38.4 Å². The van der Waals surface area contributed by atoms with Crippen LogP contribution in [0.15, 0.2) is 23.0 Å². The zero-order valence-electron chi connectivity index (χ0n) is 16.6. The van der Waals surface area contributed by atoms with E-state index in [0.717, 1.165) is 18.5 Å². The Hall–Kier alpha value is -2.11. The summed E-state index contributed by atoms with van der Waals surface area (Å²) < 4.78 is 1.87. The maximum absolute atomic E-state index is 12.6. The Kier molecular flexibility index (Phi) is 6.02. The fourth-order valence-electron chi connectivity index (χ4n) is 4.54. The maximum atomic E-state index is 12.6. The minimum Gasteiger partial charge on any atom is -0.354 e. The third kappa shape index (κ3) is 4.25. The van der Waals surface area contributed by atoms with Crippen molar-refractivity contribution in [1.29, 1.82) is 0 Å². The van der Waals surface area contributed by atoms with Crippen LogP contribution in [0.25, 0.3) is 0 Å². The molecular formula is C21H31N3O3. The summed E-state index contributed by atoms with van der Waals surface area (Å²) in [7, 11) is 0. The molecule has 2 bridgehead atoms. The Labute approximate surface area is 160 Å². The number of carbonyl (C=O) groups excluding carboxylic acids is 2. The second-order valence-corrected chi connectivity index (χ2v) is 8.37. The van der Waals surface area contributed by atoms with Crippen molar-refractivity contribution in [2.24, 2.45) is 11.8 Å². The lowest BCUT2D eigenvalue weighted by molar-refractivity contribution is -0.134. The van der Waals surface area contributed by atoms with E-state index in [1.165, 1.54) is 0 Å². The molecule has 1 fully saturated rings. The molecule has 1 aromatic rings. The van der Waals surface area contributed by atoms with Crippen LogP contribution in [0.5, 0.6) is 0 Å². The van der Waals surface area contributed by atoms with Gasteiger partial charge in [0.1, 0.15) is 0 Å². The van der Waals surface area contributed by atoms with Crippen LogP contribution in [0.4, 0.5) is 0 Å². The molecule has 3 atom stereocenters. The van der Waals surface area contributed by atoms with Gasteiger partial charge in [-0.1, -0.05) is 26.8 Å². The van der Waals surface area contributed by atoms with E-state index in [1.54, 1.807) is 12.1 Å². The zero-order valence-corrected chi connectivity index (χ0v) is 16.6. The van der Waals surface area contributed by atoms with Crippen LogP contribution >= 0.6 is 0 Å². The van der Waals surface area contributed by atoms with E-state index in [2.05, 4.69) is 5.32 Å². The van der Waals surface area contributed by atoms with Crippen molar-refractivity contribution in [3.05, 3.63) is 34.2 Å². The Balaban J connectivity index is 1.85. The van der Waals surface area contributed by atoms with Crippen LogP contribution in [0, 0.1) is 11.8 Å². The standard InChI is InChI=1S/C21H31N3O3/c1-4-6-20(26)23-12-15-10-16(13-23)18(11-22-19(25)9-14(2)3)24-17(15)7-5-8-21(24)27/h5,7-8,14-16,18H,4,6,9-13H2,1-3H3,(H,22,25)/t15-,16+,18+/m1/s1. The highest BCUT2D eigenvalue weighted by molar-refractivity contribution is 5.76. The number of likely N-dealkylation sites (tertiary alicyclic amines) is 1. The van der Waals surface area contributed by atoms with E-state index in [4.69, 9.17) is 0 Å². The Morgan fingerprint density at radius 2 is 2.04 bits per heavy atom. The zero-order chi connectivity index (χ0) is 19.6. The number of aromatic nitrogens is 1. The van der Waals surface area contributed by atoms with E-state index in [-0.39, 0.29) is 35.3 Å². The van der Waals surface area contributed by atoms with Gasteiger partial charge in [-0.2, -0.15) is 0 Å². The molecule has 0 aliphatic carbocycles. The summed E-state index contributed by atoms with van der Waals surface area (Å²) in [5, 5.41) is 3.02. The first-order chi connectivity index (χ1) is 12.9. The van der Waals surface area contributed by atoms with Crippen molar-refractivity contribution < 1.29 is 9.59 Å². The van der Waals surface area contributed by atoms with Crippen LogP contribution < -0.4 is 10.9 Å². The smallest absolute Gasteiger partial charge is 0.251 e. The Morgan fingerprint density at radius 3 is 2.74 bits per heavy atom. The largest absolute Gasteiger partial charge is 0.354 e. The van der Waals surface area contributed by atoms with Crippen LogP contribution in [0.1, 0.15) is 64.1 Å². The Morgan fingerprint density at radius 1 is 1.26 bits per heavy atom. The number of hydrogen-bond donors (Lipinski definition) is 1. The number of fused-ring (bicyclic) bond motifs is 4. The molecule has 0 spiro atoms. The molecule has 0 saturated carbocycles. The number of hydrogen-bond acceptors (Lipinski definition) is 3. The minimum absolute atomic E-state index is 0.0151. The normalized spacial score (nSPS) is 23.9. The van der Waals surface area contributed by atoms with Crippen molar-refractivity contribution in [2.75, 3.05) is 19.6 Å². The molecule has 148 valence electrons. The quantitative estimate of drug-likeness (QED) is 0.832. The monoisotopic (exact) mass is 373 g/mol. The fraction of sp³-hybridized carbons (Fsp3) is 0.667. The molecule has 6 heteroatoms. The van der Waals surface area contributed by atoms with Crippen molar-refractivity contribution in [1.82, 2.24) is 14.8 Å². The second-order valence-electron chi connectivity index (χ2n) is 8.37. The summed E-state index contributed by atoms with van der Waals surface area (Å²) in [5.74, 6) is 0.902. The first-order valence-electron chi connectivity index (χ1n) is 10.2. The lowest BCUT2D eigenvalue weighted by Gasteiger charge is -2.47. The lowest BCUT2D eigenvalue weighted by Crippen LogP contribution is -2.53. The molecule has 0 aromatic carbocycles. The van der Waals surface area contributed by atoms with Crippen LogP contribution in [-0.2, 0) is 9.59 Å². The number of nitrogens with one attached hydrogen (secondary N) is 1. The van der Waals surface area contributed by atoms with Gasteiger partial charge in [0.15, 0.2) is 0 Å². The molecular weight excluding hydrogens is 342 g/mol. The highest BCUT2D eigenvalue weighted by atomic mass is 16.2. The predicted molar refractivity (Wildman–Crippen MR) is 105 cm³/mol. The number of piperidine rings is 1. The number of amides is 2. The number of carbonyl (C=O) groups is 2. The van der Waals surface area contributed by atoms with E-state index < -0.39 is 0 Å². The molecule has 3 rings (SSSR count). The van der Waals surface area contributed by atoms with Gasteiger partial charge >= 0.3 is 0 Å². The predicted octanol–water partition coefficient (Wildman–Crippen LogP) is 2.30. The fourth-order valence-corrected chi connectivity index (χ4v) is 4.54. The lowest BCUT2D eigenvalue weighted by atomic mass is 9.78. The summed E-state index contributed by atoms with van der Waals surface area (Å²) in [6.07, 6.45) is 2.86. The summed E-state index contributed by atoms with van der Waals surface area (Å²) in [5.41, 5.74) is 0.981. The molecule has 0 unspecified atom stereocenters. The molecule has 27 heavy (non-hydrogen) atoms. The molecule has 1 N–H and O–H groups in total. The highest BCUT2D eigenvalue weighted by Gasteiger charge is 2.41. The van der Waals surface area contributed by atoms with Gasteiger partial charge in [-0.15, -0.1) is 0 Å². The molecule has 1 aromatic heterocycles. The van der Waals surface area contributed by atoms with Gasteiger partial charge in [-0.25, -0.2) is 0 Å². The maximum Gasteiger partial charge on any atom is 0.251 e. The minimum atomic E-state index is -0.0988. The van der Waals surface area contributed by atoms with Gasteiger partial charge < -0.3 is 14.8 Å². The van der Waals surface area contributed by atoms with Crippen LogP contribution in [0.3, 0.4) is 0 Å². The van der Waals surface area contributed by atoms with Gasteiger partial charge in [0.25, 0.3) is 5.56 Å². The van der Waals surface area contributed by atoms with E-state index in [1.807, 2.05) is 36.3 Å². The second kappa shape index (κ2) is 8.28. The molecule has 6 nitrogen and oxygen atoms in total. The van der Waals surface area contributed by atoms with Crippen molar-refractivity contribution in [2.45, 2.75) is 58.4 Å². The molecule has 2 aliphatic heterocycles. The number of rotatable bonds is 6. The van der Waals surface area contributed by atoms with Crippen LogP contribution in [-0.4, -0.2) is 40.9 Å². The topological polar surface area (TPSA) is 71.4 Å². The van der Waals surface area contributed by atoms with E-state index >= 15 is 0 Å². The molecule has 3 heterocycles. The van der Waals surface area contributed by atoms with Gasteiger partial charge in [0.05, 0.1) is 6.04 Å². The van der Waals surface area contributed by atoms with Gasteiger partial charge in [-0.05, 0) is 30.7 Å². The summed E-state index contributed by atoms with van der Waals surface area (Å²) in [6.45, 7) is 7.85. The van der Waals surface area contributed by atoms with Gasteiger partial charge in [0, 0.05) is 50.2 Å². The third-order valence-corrected chi connectivity index (χ3v) is 5.72. The van der Waals surface area contributed by atoms with Crippen molar-refractivity contribution >= 4 is 11.8 Å². The van der Waals surface area contributed by atoms with Gasteiger partial charge in [0.2, 0.25) is 11.8 Å². The van der Waals surface area contributed by atoms with Crippen LogP contribution in [0.2, 0.25) is 0 Å². The highest BCUT2D eigenvalue weighted by Crippen LogP contribution is 2.41. The SMILES string of the molecule is CCCC(=O)N1C[C@H]2C[C@@H](C1)[C@H](CNC(=O)CC(C)C)n1c2cccc1=O. The van der Waals surface area contributed by atoms with E-state index in [9.17, 15) is 14.4 Å². The molecule has 0 radical (unpaired) electrons. The van der Waals surface area contributed by atoms with Crippen molar-refractivity contribution in [3.8, 4) is 0 Å². The molecule has 2 amide bonds. The average Bonchev–Trinajstić information content (AvgIpc) is 2.61. The third-order valence-electron chi connectivity index (χ3n) is 5.72. The molecule has 1 saturated heterocycles. The summed E-state index contributed by atoms with van der Waals surface area (Å²) in [6, 6.07) is 5.29. The van der Waals surface area contributed by atoms with Gasteiger partial charge in [-0.3, -0.25) is 14.4 Å². The first kappa shape index (κ1) is 19.6. The average molecular weight is 373 g/mol. The number of pyridine rings is 1. The number of nitrogens with zero attached hydrogens (tertiary/aromatic N) is 2. The van der Waals surface area contributed by atoms with Crippen molar-refractivity contribution in [3.63, 3.8) is 0 Å².